The van der Waals surface area contributed by atoms with E-state index >= 15 is 0 Å². The average Bonchev–Trinajstić information content (AvgIpc) is 2.77. The van der Waals surface area contributed by atoms with Crippen LogP contribution in [0.1, 0.15) is 47.2 Å². The number of fused-ring (bicyclic) bond motifs is 2. The van der Waals surface area contributed by atoms with Gasteiger partial charge in [-0.15, -0.1) is 0 Å². The van der Waals surface area contributed by atoms with Crippen LogP contribution >= 0.6 is 0 Å². The summed E-state index contributed by atoms with van der Waals surface area (Å²) in [5.41, 5.74) is 5.42. The third-order valence-corrected chi connectivity index (χ3v) is 6.28. The van der Waals surface area contributed by atoms with E-state index in [4.69, 9.17) is 9.47 Å². The van der Waals surface area contributed by atoms with Crippen molar-refractivity contribution in [2.75, 3.05) is 20.8 Å². The van der Waals surface area contributed by atoms with Crippen LogP contribution in [0.3, 0.4) is 0 Å². The van der Waals surface area contributed by atoms with E-state index in [0.29, 0.717) is 36.4 Å². The molecule has 0 aliphatic carbocycles. The fraction of sp³-hybridized carbons (Fsp3) is 0.360. The van der Waals surface area contributed by atoms with Gasteiger partial charge in [0.05, 0.1) is 20.3 Å². The van der Waals surface area contributed by atoms with E-state index in [9.17, 15) is 9.59 Å². The molecule has 1 aliphatic heterocycles. The summed E-state index contributed by atoms with van der Waals surface area (Å²) in [6.07, 6.45) is 1.07. The van der Waals surface area contributed by atoms with Gasteiger partial charge in [-0.3, -0.25) is 9.59 Å². The molecule has 0 radical (unpaired) electrons. The lowest BCUT2D eigenvalue weighted by molar-refractivity contribution is -0.132. The van der Waals surface area contributed by atoms with Crippen LogP contribution in [0, 0.1) is 13.8 Å². The molecule has 1 unspecified atom stereocenters. The molecule has 0 saturated heterocycles. The largest absolute Gasteiger partial charge is 0.493 e. The zero-order valence-corrected chi connectivity index (χ0v) is 18.7. The quantitative estimate of drug-likeness (QED) is 0.691. The number of carbonyl (C=O) groups is 1. The average molecular weight is 421 g/mol. The first-order valence-electron chi connectivity index (χ1n) is 10.6. The van der Waals surface area contributed by atoms with E-state index in [-0.39, 0.29) is 11.5 Å². The normalized spacial score (nSPS) is 15.6. The maximum atomic E-state index is 13.2. The summed E-state index contributed by atoms with van der Waals surface area (Å²) in [6, 6.07) is 9.37. The zero-order chi connectivity index (χ0) is 22.3. The van der Waals surface area contributed by atoms with Gasteiger partial charge in [0.2, 0.25) is 5.91 Å². The van der Waals surface area contributed by atoms with Gasteiger partial charge in [0.15, 0.2) is 11.5 Å². The molecule has 0 saturated carbocycles. The van der Waals surface area contributed by atoms with Gasteiger partial charge in [0.25, 0.3) is 5.56 Å². The Morgan fingerprint density at radius 1 is 1.03 bits per heavy atom. The highest BCUT2D eigenvalue weighted by Gasteiger charge is 2.34. The summed E-state index contributed by atoms with van der Waals surface area (Å²) in [6.45, 7) is 6.48. The van der Waals surface area contributed by atoms with Crippen molar-refractivity contribution in [2.45, 2.75) is 39.7 Å². The van der Waals surface area contributed by atoms with Crippen LogP contribution in [0.4, 0.5) is 0 Å². The molecule has 1 N–H and O–H groups in total. The summed E-state index contributed by atoms with van der Waals surface area (Å²) >= 11 is 0. The number of aromatic amines is 1. The molecule has 31 heavy (non-hydrogen) atoms. The zero-order valence-electron chi connectivity index (χ0n) is 18.7. The topological polar surface area (TPSA) is 71.6 Å². The summed E-state index contributed by atoms with van der Waals surface area (Å²) in [5, 5.41) is 0.953. The van der Waals surface area contributed by atoms with Crippen LogP contribution < -0.4 is 15.0 Å². The Morgan fingerprint density at radius 3 is 2.39 bits per heavy atom. The number of benzene rings is 2. The third kappa shape index (κ3) is 3.56. The van der Waals surface area contributed by atoms with E-state index in [1.807, 2.05) is 43.0 Å². The summed E-state index contributed by atoms with van der Waals surface area (Å²) in [7, 11) is 3.20. The summed E-state index contributed by atoms with van der Waals surface area (Å²) in [4.78, 5) is 30.9. The monoisotopic (exact) mass is 420 g/mol. The van der Waals surface area contributed by atoms with E-state index in [1.54, 1.807) is 14.2 Å². The number of nitrogens with zero attached hydrogens (tertiary/aromatic N) is 1. The molecule has 6 nitrogen and oxygen atoms in total. The number of H-pyrrole nitrogens is 1. The lowest BCUT2D eigenvalue weighted by Gasteiger charge is -2.37. The second-order valence-electron chi connectivity index (χ2n) is 8.08. The summed E-state index contributed by atoms with van der Waals surface area (Å²) < 4.78 is 11.0. The molecule has 1 atom stereocenters. The van der Waals surface area contributed by atoms with Crippen molar-refractivity contribution < 1.29 is 14.3 Å². The second-order valence-corrected chi connectivity index (χ2v) is 8.08. The Balaban J connectivity index is 1.98. The fourth-order valence-corrected chi connectivity index (χ4v) is 4.45. The predicted octanol–water partition coefficient (Wildman–Crippen LogP) is 4.05. The number of amides is 1. The number of pyridine rings is 1. The number of methoxy groups -OCH3 is 2. The number of ether oxygens (including phenoxy) is 2. The Hall–Kier alpha value is -3.28. The highest BCUT2D eigenvalue weighted by molar-refractivity contribution is 5.82. The van der Waals surface area contributed by atoms with Gasteiger partial charge in [-0.1, -0.05) is 6.92 Å². The number of rotatable bonds is 4. The first kappa shape index (κ1) is 21.0. The van der Waals surface area contributed by atoms with Crippen molar-refractivity contribution in [1.29, 1.82) is 0 Å². The van der Waals surface area contributed by atoms with Crippen LogP contribution in [-0.2, 0) is 11.2 Å². The Morgan fingerprint density at radius 2 is 1.71 bits per heavy atom. The molecule has 1 aromatic heterocycles. The van der Waals surface area contributed by atoms with Gasteiger partial charge in [0.1, 0.15) is 0 Å². The Kier molecular flexibility index (Phi) is 5.48. The Bertz CT molecular complexity index is 1230. The van der Waals surface area contributed by atoms with Crippen LogP contribution in [0.25, 0.3) is 10.9 Å². The minimum atomic E-state index is -0.481. The minimum absolute atomic E-state index is 0.0185. The highest BCUT2D eigenvalue weighted by Crippen LogP contribution is 2.40. The standard InChI is InChI=1S/C25H28N2O4/c1-6-23(28)27-8-7-16-12-21(30-4)22(31-5)13-18(16)24(27)19-11-17-9-14(2)15(3)10-20(17)26-25(19)29/h9-13,24H,6-8H2,1-5H3,(H,26,29). The van der Waals surface area contributed by atoms with Crippen LogP contribution in [0.2, 0.25) is 0 Å². The molecule has 3 aromatic rings. The number of carbonyl (C=O) groups excluding carboxylic acids is 1. The van der Waals surface area contributed by atoms with E-state index in [2.05, 4.69) is 18.0 Å². The van der Waals surface area contributed by atoms with Crippen LogP contribution in [0.5, 0.6) is 11.5 Å². The molecular formula is C25H28N2O4. The molecule has 1 amide bonds. The molecule has 2 aromatic carbocycles. The van der Waals surface area contributed by atoms with E-state index in [1.165, 1.54) is 0 Å². The van der Waals surface area contributed by atoms with Crippen molar-refractivity contribution in [3.63, 3.8) is 0 Å². The van der Waals surface area contributed by atoms with Crippen molar-refractivity contribution in [3.8, 4) is 11.5 Å². The third-order valence-electron chi connectivity index (χ3n) is 6.28. The SMILES string of the molecule is CCC(=O)N1CCc2cc(OC)c(OC)cc2C1c1cc2cc(C)c(C)cc2[nH]c1=O. The first-order chi connectivity index (χ1) is 14.9. The van der Waals surface area contributed by atoms with Crippen molar-refractivity contribution in [1.82, 2.24) is 9.88 Å². The van der Waals surface area contributed by atoms with Gasteiger partial charge in [-0.05, 0) is 78.2 Å². The first-order valence-corrected chi connectivity index (χ1v) is 10.6. The molecule has 1 aliphatic rings. The number of hydrogen-bond donors (Lipinski definition) is 1. The molecule has 0 spiro atoms. The lowest BCUT2D eigenvalue weighted by Crippen LogP contribution is -2.42. The number of aryl methyl sites for hydroxylation is 2. The van der Waals surface area contributed by atoms with E-state index in [0.717, 1.165) is 33.2 Å². The molecule has 0 bridgehead atoms. The number of hydrogen-bond acceptors (Lipinski definition) is 4. The van der Waals surface area contributed by atoms with Crippen molar-refractivity contribution in [3.05, 3.63) is 68.5 Å². The number of nitrogens with one attached hydrogen (secondary N) is 1. The van der Waals surface area contributed by atoms with Crippen molar-refractivity contribution in [2.24, 2.45) is 0 Å². The molecule has 162 valence electrons. The highest BCUT2D eigenvalue weighted by atomic mass is 16.5. The smallest absolute Gasteiger partial charge is 0.254 e. The van der Waals surface area contributed by atoms with Gasteiger partial charge in [-0.2, -0.15) is 0 Å². The summed E-state index contributed by atoms with van der Waals surface area (Å²) in [5.74, 6) is 1.25. The molecule has 4 rings (SSSR count). The molecule has 6 heteroatoms. The Labute approximate surface area is 181 Å². The lowest BCUT2D eigenvalue weighted by atomic mass is 9.87. The predicted molar refractivity (Wildman–Crippen MR) is 121 cm³/mol. The van der Waals surface area contributed by atoms with Gasteiger partial charge >= 0.3 is 0 Å². The second kappa shape index (κ2) is 8.10. The fourth-order valence-electron chi connectivity index (χ4n) is 4.45. The maximum Gasteiger partial charge on any atom is 0.254 e. The van der Waals surface area contributed by atoms with Gasteiger partial charge < -0.3 is 19.4 Å². The minimum Gasteiger partial charge on any atom is -0.493 e. The van der Waals surface area contributed by atoms with Crippen LogP contribution in [0.15, 0.2) is 35.1 Å². The van der Waals surface area contributed by atoms with Gasteiger partial charge in [-0.25, -0.2) is 0 Å². The molecule has 2 heterocycles. The van der Waals surface area contributed by atoms with Crippen molar-refractivity contribution >= 4 is 16.8 Å². The molecule has 0 fully saturated rings. The van der Waals surface area contributed by atoms with Gasteiger partial charge in [0, 0.05) is 24.0 Å². The molecular weight excluding hydrogens is 392 g/mol. The van der Waals surface area contributed by atoms with Crippen LogP contribution in [-0.4, -0.2) is 36.6 Å². The number of aromatic nitrogens is 1. The van der Waals surface area contributed by atoms with E-state index < -0.39 is 6.04 Å². The maximum absolute atomic E-state index is 13.2.